The number of ether oxygens (including phenoxy) is 2. The Morgan fingerprint density at radius 3 is 2.05 bits per heavy atom. The Morgan fingerprint density at radius 1 is 1.05 bits per heavy atom. The van der Waals surface area contributed by atoms with Gasteiger partial charge in [-0.05, 0) is 31.6 Å². The predicted molar refractivity (Wildman–Crippen MR) is 84.4 cm³/mol. The lowest BCUT2D eigenvalue weighted by molar-refractivity contribution is -0.134. The van der Waals surface area contributed by atoms with Gasteiger partial charge in [0.1, 0.15) is 0 Å². The molecule has 0 aromatic carbocycles. The molecular formula is C16H32N2O3. The highest BCUT2D eigenvalue weighted by Crippen LogP contribution is 2.26. The molecule has 0 bridgehead atoms. The van der Waals surface area contributed by atoms with Gasteiger partial charge in [0.2, 0.25) is 5.91 Å². The average molecular weight is 300 g/mol. The number of amides is 1. The number of rotatable bonds is 9. The van der Waals surface area contributed by atoms with E-state index in [0.717, 1.165) is 31.8 Å². The highest BCUT2D eigenvalue weighted by atomic mass is 16.5. The Balaban J connectivity index is 2.42. The first-order valence-corrected chi connectivity index (χ1v) is 8.04. The number of nitrogens with zero attached hydrogens (tertiary/aromatic N) is 2. The molecular weight excluding hydrogens is 268 g/mol. The maximum absolute atomic E-state index is 12.5. The van der Waals surface area contributed by atoms with Crippen molar-refractivity contribution in [2.75, 3.05) is 54.1 Å². The Kier molecular flexibility index (Phi) is 8.88. The van der Waals surface area contributed by atoms with E-state index in [-0.39, 0.29) is 5.91 Å². The zero-order valence-corrected chi connectivity index (χ0v) is 14.1. The molecule has 5 nitrogen and oxygen atoms in total. The predicted octanol–water partition coefficient (Wildman–Crippen LogP) is 1.62. The molecule has 1 aliphatic rings. The third-order valence-corrected chi connectivity index (χ3v) is 4.51. The van der Waals surface area contributed by atoms with Crippen LogP contribution in [0.15, 0.2) is 0 Å². The highest BCUT2D eigenvalue weighted by molar-refractivity contribution is 5.78. The summed E-state index contributed by atoms with van der Waals surface area (Å²) in [5, 5.41) is 0. The summed E-state index contributed by atoms with van der Waals surface area (Å²) in [5.74, 6) is 1.02. The van der Waals surface area contributed by atoms with Crippen molar-refractivity contribution < 1.29 is 14.3 Å². The number of carbonyl (C=O) groups is 1. The molecule has 0 aliphatic heterocycles. The van der Waals surface area contributed by atoms with E-state index in [1.54, 1.807) is 14.2 Å². The molecule has 0 saturated heterocycles. The third kappa shape index (κ3) is 6.76. The van der Waals surface area contributed by atoms with Crippen molar-refractivity contribution in [2.24, 2.45) is 5.92 Å². The molecule has 1 amide bonds. The van der Waals surface area contributed by atoms with Crippen LogP contribution in [-0.4, -0.2) is 75.9 Å². The number of likely N-dealkylation sites (N-methyl/N-ethyl adjacent to an activating group) is 1. The molecule has 0 N–H and O–H groups in total. The summed E-state index contributed by atoms with van der Waals surface area (Å²) < 4.78 is 10.2. The normalized spacial score (nSPS) is 22.5. The van der Waals surface area contributed by atoms with Crippen molar-refractivity contribution in [3.8, 4) is 0 Å². The van der Waals surface area contributed by atoms with E-state index in [9.17, 15) is 4.79 Å². The molecule has 1 fully saturated rings. The lowest BCUT2D eigenvalue weighted by Crippen LogP contribution is -2.45. The fraction of sp³-hybridized carbons (Fsp3) is 0.938. The molecule has 5 heteroatoms. The van der Waals surface area contributed by atoms with Crippen molar-refractivity contribution >= 4 is 5.91 Å². The summed E-state index contributed by atoms with van der Waals surface area (Å²) >= 11 is 0. The summed E-state index contributed by atoms with van der Waals surface area (Å²) in [6.07, 6.45) is 4.75. The van der Waals surface area contributed by atoms with Crippen LogP contribution in [0.25, 0.3) is 0 Å². The fourth-order valence-electron chi connectivity index (χ4n) is 2.85. The molecule has 0 radical (unpaired) electrons. The van der Waals surface area contributed by atoms with Gasteiger partial charge in [-0.1, -0.05) is 6.92 Å². The van der Waals surface area contributed by atoms with Crippen LogP contribution in [0.1, 0.15) is 32.6 Å². The summed E-state index contributed by atoms with van der Waals surface area (Å²) in [7, 11) is 5.32. The van der Waals surface area contributed by atoms with E-state index in [4.69, 9.17) is 9.47 Å². The lowest BCUT2D eigenvalue weighted by Gasteiger charge is -2.35. The van der Waals surface area contributed by atoms with Gasteiger partial charge in [0.05, 0.1) is 19.8 Å². The molecule has 0 aromatic rings. The molecule has 0 unspecified atom stereocenters. The van der Waals surface area contributed by atoms with Gasteiger partial charge < -0.3 is 14.4 Å². The Labute approximate surface area is 129 Å². The van der Waals surface area contributed by atoms with Crippen LogP contribution in [0.2, 0.25) is 0 Å². The summed E-state index contributed by atoms with van der Waals surface area (Å²) in [6, 6.07) is 0.417. The molecule has 124 valence electrons. The van der Waals surface area contributed by atoms with Gasteiger partial charge in [0.25, 0.3) is 0 Å². The van der Waals surface area contributed by atoms with E-state index < -0.39 is 0 Å². The first-order valence-electron chi connectivity index (χ1n) is 8.04. The molecule has 1 aliphatic carbocycles. The van der Waals surface area contributed by atoms with Crippen molar-refractivity contribution in [3.63, 3.8) is 0 Å². The minimum absolute atomic E-state index is 0.210. The number of carbonyl (C=O) groups excluding carboxylic acids is 1. The monoisotopic (exact) mass is 300 g/mol. The third-order valence-electron chi connectivity index (χ3n) is 4.51. The standard InChI is InChI=1S/C16H32N2O3/c1-14-5-7-15(8-6-14)17(2)16(19)13-18(9-11-20-3)10-12-21-4/h14-15H,5-13H2,1-4H3. The zero-order chi connectivity index (χ0) is 15.7. The topological polar surface area (TPSA) is 42.0 Å². The van der Waals surface area contributed by atoms with Gasteiger partial charge in [-0.15, -0.1) is 0 Å². The van der Waals surface area contributed by atoms with Gasteiger partial charge in [-0.2, -0.15) is 0 Å². The Bertz CT molecular complexity index is 283. The van der Waals surface area contributed by atoms with Gasteiger partial charge >= 0.3 is 0 Å². The lowest BCUT2D eigenvalue weighted by atomic mass is 9.87. The molecule has 0 spiro atoms. The maximum Gasteiger partial charge on any atom is 0.236 e. The molecule has 1 rings (SSSR count). The van der Waals surface area contributed by atoms with Gasteiger partial charge in [-0.25, -0.2) is 0 Å². The van der Waals surface area contributed by atoms with Gasteiger partial charge in [-0.3, -0.25) is 9.69 Å². The number of hydrogen-bond donors (Lipinski definition) is 0. The van der Waals surface area contributed by atoms with Crippen LogP contribution in [-0.2, 0) is 14.3 Å². The minimum atomic E-state index is 0.210. The van der Waals surface area contributed by atoms with Crippen LogP contribution in [0.4, 0.5) is 0 Å². The van der Waals surface area contributed by atoms with Crippen LogP contribution in [0, 0.1) is 5.92 Å². The summed E-state index contributed by atoms with van der Waals surface area (Å²) in [4.78, 5) is 16.5. The van der Waals surface area contributed by atoms with E-state index in [0.29, 0.717) is 25.8 Å². The van der Waals surface area contributed by atoms with Crippen molar-refractivity contribution in [1.29, 1.82) is 0 Å². The first kappa shape index (κ1) is 18.4. The van der Waals surface area contributed by atoms with Crippen molar-refractivity contribution in [1.82, 2.24) is 9.80 Å². The number of methoxy groups -OCH3 is 2. The average Bonchev–Trinajstić information content (AvgIpc) is 2.49. The van der Waals surface area contributed by atoms with Gasteiger partial charge in [0, 0.05) is 40.4 Å². The van der Waals surface area contributed by atoms with Crippen LogP contribution in [0.3, 0.4) is 0 Å². The zero-order valence-electron chi connectivity index (χ0n) is 14.1. The van der Waals surface area contributed by atoms with Crippen molar-refractivity contribution in [3.05, 3.63) is 0 Å². The smallest absolute Gasteiger partial charge is 0.236 e. The van der Waals surface area contributed by atoms with Gasteiger partial charge in [0.15, 0.2) is 0 Å². The number of hydrogen-bond acceptors (Lipinski definition) is 4. The van der Waals surface area contributed by atoms with E-state index in [1.165, 1.54) is 12.8 Å². The second-order valence-electron chi connectivity index (χ2n) is 6.18. The minimum Gasteiger partial charge on any atom is -0.383 e. The maximum atomic E-state index is 12.5. The second-order valence-corrected chi connectivity index (χ2v) is 6.18. The highest BCUT2D eigenvalue weighted by Gasteiger charge is 2.25. The molecule has 0 heterocycles. The molecule has 0 aromatic heterocycles. The Hall–Kier alpha value is -0.650. The van der Waals surface area contributed by atoms with E-state index in [2.05, 4.69) is 11.8 Å². The molecule has 1 saturated carbocycles. The summed E-state index contributed by atoms with van der Waals surface area (Å²) in [5.41, 5.74) is 0. The van der Waals surface area contributed by atoms with E-state index in [1.807, 2.05) is 11.9 Å². The quantitative estimate of drug-likeness (QED) is 0.649. The summed E-state index contributed by atoms with van der Waals surface area (Å²) in [6.45, 7) is 5.57. The Morgan fingerprint density at radius 2 is 1.57 bits per heavy atom. The second kappa shape index (κ2) is 10.1. The van der Waals surface area contributed by atoms with Crippen LogP contribution >= 0.6 is 0 Å². The fourth-order valence-corrected chi connectivity index (χ4v) is 2.85. The SMILES string of the molecule is COCCN(CCOC)CC(=O)N(C)C1CCC(C)CC1. The largest absolute Gasteiger partial charge is 0.383 e. The van der Waals surface area contributed by atoms with Crippen LogP contribution < -0.4 is 0 Å². The van der Waals surface area contributed by atoms with Crippen LogP contribution in [0.5, 0.6) is 0 Å². The van der Waals surface area contributed by atoms with E-state index >= 15 is 0 Å². The molecule has 0 atom stereocenters. The molecule has 21 heavy (non-hydrogen) atoms. The van der Waals surface area contributed by atoms with Crippen molar-refractivity contribution in [2.45, 2.75) is 38.6 Å². The first-order chi connectivity index (χ1) is 10.1.